The molecule has 1 aliphatic carbocycles. The van der Waals surface area contributed by atoms with Crippen molar-refractivity contribution >= 4 is 14.3 Å². The Morgan fingerprint density at radius 2 is 1.74 bits per heavy atom. The zero-order chi connectivity index (χ0) is 17.6. The van der Waals surface area contributed by atoms with E-state index < -0.39 is 8.32 Å². The van der Waals surface area contributed by atoms with Gasteiger partial charge in [0.1, 0.15) is 6.10 Å². The Labute approximate surface area is 141 Å². The van der Waals surface area contributed by atoms with Crippen LogP contribution in [0.1, 0.15) is 54.4 Å². The van der Waals surface area contributed by atoms with Gasteiger partial charge in [-0.05, 0) is 45.3 Å². The summed E-state index contributed by atoms with van der Waals surface area (Å²) in [7, 11) is -1.80. The molecule has 0 radical (unpaired) electrons. The van der Waals surface area contributed by atoms with Gasteiger partial charge in [-0.15, -0.1) is 0 Å². The summed E-state index contributed by atoms with van der Waals surface area (Å²) in [4.78, 5) is 12.1. The second-order valence-electron chi connectivity index (χ2n) is 9.33. The SMILES string of the molecule is CC(C)(C)OC=C1C(=O)OC2CC(O[Si](C)(C)C(C)(C)C)CC12. The molecular formula is C18H32O4Si. The third-order valence-electron chi connectivity index (χ3n) is 5.16. The minimum atomic E-state index is -1.80. The zero-order valence-corrected chi connectivity index (χ0v) is 16.9. The van der Waals surface area contributed by atoms with Crippen LogP contribution in [0, 0.1) is 5.92 Å². The minimum Gasteiger partial charge on any atom is -0.495 e. The van der Waals surface area contributed by atoms with Gasteiger partial charge in [-0.3, -0.25) is 0 Å². The molecule has 1 aliphatic heterocycles. The number of carbonyl (C=O) groups is 1. The van der Waals surface area contributed by atoms with Gasteiger partial charge in [0.25, 0.3) is 0 Å². The summed E-state index contributed by atoms with van der Waals surface area (Å²) in [5, 5.41) is 0.190. The highest BCUT2D eigenvalue weighted by Crippen LogP contribution is 2.45. The third kappa shape index (κ3) is 4.18. The maximum atomic E-state index is 12.1. The topological polar surface area (TPSA) is 44.8 Å². The lowest BCUT2D eigenvalue weighted by Crippen LogP contribution is -2.43. The van der Waals surface area contributed by atoms with Gasteiger partial charge >= 0.3 is 5.97 Å². The van der Waals surface area contributed by atoms with Gasteiger partial charge in [-0.25, -0.2) is 4.79 Å². The predicted molar refractivity (Wildman–Crippen MR) is 93.6 cm³/mol. The third-order valence-corrected chi connectivity index (χ3v) is 9.70. The Hall–Kier alpha value is -0.813. The Bertz CT molecular complexity index is 496. The predicted octanol–water partition coefficient (Wildman–Crippen LogP) is 4.41. The van der Waals surface area contributed by atoms with Crippen LogP contribution in [0.4, 0.5) is 0 Å². The van der Waals surface area contributed by atoms with E-state index in [-0.39, 0.29) is 34.7 Å². The van der Waals surface area contributed by atoms with Crippen LogP contribution in [0.15, 0.2) is 11.8 Å². The van der Waals surface area contributed by atoms with E-state index in [1.165, 1.54) is 0 Å². The van der Waals surface area contributed by atoms with Crippen LogP contribution in [0.25, 0.3) is 0 Å². The molecule has 5 heteroatoms. The summed E-state index contributed by atoms with van der Waals surface area (Å²) < 4.78 is 17.7. The van der Waals surface area contributed by atoms with Crippen molar-refractivity contribution in [1.82, 2.24) is 0 Å². The number of hydrogen-bond donors (Lipinski definition) is 0. The van der Waals surface area contributed by atoms with Crippen LogP contribution >= 0.6 is 0 Å². The number of hydrogen-bond acceptors (Lipinski definition) is 4. The molecule has 0 amide bonds. The quantitative estimate of drug-likeness (QED) is 0.330. The highest BCUT2D eigenvalue weighted by molar-refractivity contribution is 6.74. The van der Waals surface area contributed by atoms with E-state index >= 15 is 0 Å². The molecule has 3 atom stereocenters. The van der Waals surface area contributed by atoms with Crippen LogP contribution in [0.5, 0.6) is 0 Å². The molecule has 2 rings (SSSR count). The standard InChI is InChI=1S/C18H32O4Si/c1-17(2,3)20-11-14-13-9-12(10-15(13)21-16(14)19)22-23(7,8)18(4,5)6/h11-13,15H,9-10H2,1-8H3. The van der Waals surface area contributed by atoms with Gasteiger partial charge in [-0.2, -0.15) is 0 Å². The first kappa shape index (κ1) is 18.5. The molecule has 0 bridgehead atoms. The van der Waals surface area contributed by atoms with Gasteiger partial charge in [0.15, 0.2) is 8.32 Å². The van der Waals surface area contributed by atoms with E-state index in [2.05, 4.69) is 33.9 Å². The molecule has 0 aromatic heterocycles. The number of esters is 1. The van der Waals surface area contributed by atoms with Crippen molar-refractivity contribution in [2.75, 3.05) is 0 Å². The Morgan fingerprint density at radius 3 is 2.26 bits per heavy atom. The first-order valence-corrected chi connectivity index (χ1v) is 11.5. The molecule has 0 aromatic carbocycles. The molecule has 23 heavy (non-hydrogen) atoms. The van der Waals surface area contributed by atoms with Gasteiger partial charge in [-0.1, -0.05) is 20.8 Å². The fraction of sp³-hybridized carbons (Fsp3) is 0.833. The van der Waals surface area contributed by atoms with Gasteiger partial charge < -0.3 is 13.9 Å². The van der Waals surface area contributed by atoms with Crippen LogP contribution < -0.4 is 0 Å². The second kappa shape index (κ2) is 5.92. The number of rotatable bonds is 3. The van der Waals surface area contributed by atoms with Crippen molar-refractivity contribution in [3.05, 3.63) is 11.8 Å². The Balaban J connectivity index is 2.06. The summed E-state index contributed by atoms with van der Waals surface area (Å²) in [6.07, 6.45) is 3.39. The maximum absolute atomic E-state index is 12.1. The van der Waals surface area contributed by atoms with E-state index in [9.17, 15) is 4.79 Å². The largest absolute Gasteiger partial charge is 0.495 e. The lowest BCUT2D eigenvalue weighted by Gasteiger charge is -2.38. The number of ether oxygens (including phenoxy) is 2. The summed E-state index contributed by atoms with van der Waals surface area (Å²) in [5.74, 6) is -0.116. The fourth-order valence-corrected chi connectivity index (χ4v) is 4.21. The molecule has 3 unspecified atom stereocenters. The van der Waals surface area contributed by atoms with E-state index in [4.69, 9.17) is 13.9 Å². The van der Waals surface area contributed by atoms with E-state index in [1.54, 1.807) is 6.26 Å². The lowest BCUT2D eigenvalue weighted by molar-refractivity contribution is -0.139. The molecule has 132 valence electrons. The molecule has 1 saturated heterocycles. The summed E-state index contributed by atoms with van der Waals surface area (Å²) in [6, 6.07) is 0. The van der Waals surface area contributed by atoms with Crippen molar-refractivity contribution in [2.45, 2.75) is 90.3 Å². The maximum Gasteiger partial charge on any atom is 0.337 e. The molecule has 0 N–H and O–H groups in total. The van der Waals surface area contributed by atoms with Crippen LogP contribution in [-0.2, 0) is 18.7 Å². The first-order valence-electron chi connectivity index (χ1n) is 8.57. The minimum absolute atomic E-state index is 0.0490. The van der Waals surface area contributed by atoms with Crippen molar-refractivity contribution < 1.29 is 18.7 Å². The Morgan fingerprint density at radius 1 is 1.13 bits per heavy atom. The molecule has 4 nitrogen and oxygen atoms in total. The molecular weight excluding hydrogens is 308 g/mol. The van der Waals surface area contributed by atoms with Gasteiger partial charge in [0, 0.05) is 18.4 Å². The van der Waals surface area contributed by atoms with Crippen molar-refractivity contribution in [3.8, 4) is 0 Å². The van der Waals surface area contributed by atoms with Gasteiger partial charge in [0.2, 0.25) is 0 Å². The second-order valence-corrected chi connectivity index (χ2v) is 14.1. The molecule has 0 aromatic rings. The van der Waals surface area contributed by atoms with E-state index in [1.807, 2.05) is 20.8 Å². The van der Waals surface area contributed by atoms with Crippen molar-refractivity contribution in [2.24, 2.45) is 5.92 Å². The van der Waals surface area contributed by atoms with Crippen LogP contribution in [0.2, 0.25) is 18.1 Å². The lowest BCUT2D eigenvalue weighted by atomic mass is 9.99. The van der Waals surface area contributed by atoms with Crippen LogP contribution in [-0.4, -0.2) is 32.1 Å². The van der Waals surface area contributed by atoms with Gasteiger partial charge in [0.05, 0.1) is 17.4 Å². The Kier molecular flexibility index (Phi) is 4.77. The smallest absolute Gasteiger partial charge is 0.337 e. The molecule has 0 spiro atoms. The van der Waals surface area contributed by atoms with Crippen molar-refractivity contribution in [1.29, 1.82) is 0 Å². The highest BCUT2D eigenvalue weighted by atomic mass is 28.4. The molecule has 1 heterocycles. The summed E-state index contributed by atoms with van der Waals surface area (Å²) in [5.41, 5.74) is 0.368. The number of carbonyl (C=O) groups excluding carboxylic acids is 1. The average Bonchev–Trinajstić information content (AvgIpc) is 2.79. The zero-order valence-electron chi connectivity index (χ0n) is 15.9. The fourth-order valence-electron chi connectivity index (χ4n) is 2.83. The summed E-state index contributed by atoms with van der Waals surface area (Å²) >= 11 is 0. The molecule has 1 saturated carbocycles. The van der Waals surface area contributed by atoms with Crippen LogP contribution in [0.3, 0.4) is 0 Å². The van der Waals surface area contributed by atoms with E-state index in [0.29, 0.717) is 5.57 Å². The molecule has 2 aliphatic rings. The highest BCUT2D eigenvalue weighted by Gasteiger charge is 2.50. The first-order chi connectivity index (χ1) is 10.3. The average molecular weight is 341 g/mol. The van der Waals surface area contributed by atoms with E-state index in [0.717, 1.165) is 12.8 Å². The summed E-state index contributed by atoms with van der Waals surface area (Å²) in [6.45, 7) is 17.2. The normalized spacial score (nSPS) is 30.5. The monoisotopic (exact) mass is 340 g/mol. The number of fused-ring (bicyclic) bond motifs is 1. The van der Waals surface area contributed by atoms with Crippen molar-refractivity contribution in [3.63, 3.8) is 0 Å². The molecule has 2 fully saturated rings.